The zero-order valence-corrected chi connectivity index (χ0v) is 19.1. The molecule has 0 aromatic carbocycles. The number of hydrogen-bond acceptors (Lipinski definition) is 4. The molecule has 1 heterocycles. The molecule has 3 fully saturated rings. The first-order valence-corrected chi connectivity index (χ1v) is 12.5. The molecule has 0 atom stereocenters. The average Bonchev–Trinajstić information content (AvgIpc) is 2.75. The van der Waals surface area contributed by atoms with E-state index in [0.29, 0.717) is 19.1 Å². The molecule has 0 spiro atoms. The Morgan fingerprint density at radius 3 is 2.10 bits per heavy atom. The number of esters is 1. The van der Waals surface area contributed by atoms with Crippen LogP contribution in [0.3, 0.4) is 0 Å². The molecule has 0 aromatic heterocycles. The van der Waals surface area contributed by atoms with Crippen LogP contribution in [0, 0.1) is 23.2 Å². The van der Waals surface area contributed by atoms with Crippen LogP contribution in [0.4, 0.5) is 0 Å². The van der Waals surface area contributed by atoms with Gasteiger partial charge in [-0.2, -0.15) is 0 Å². The third-order valence-electron chi connectivity index (χ3n) is 7.76. The molecular formula is C25H44O4. The quantitative estimate of drug-likeness (QED) is 0.351. The van der Waals surface area contributed by atoms with E-state index in [-0.39, 0.29) is 18.4 Å². The molecule has 0 aromatic rings. The molecular weight excluding hydrogens is 364 g/mol. The highest BCUT2D eigenvalue weighted by Crippen LogP contribution is 2.38. The summed E-state index contributed by atoms with van der Waals surface area (Å²) in [5.41, 5.74) is -0.657. The van der Waals surface area contributed by atoms with Gasteiger partial charge in [0.25, 0.3) is 0 Å². The van der Waals surface area contributed by atoms with E-state index >= 15 is 0 Å². The topological polar surface area (TPSA) is 44.8 Å². The van der Waals surface area contributed by atoms with Gasteiger partial charge in [-0.05, 0) is 70.1 Å². The van der Waals surface area contributed by atoms with Crippen LogP contribution in [0.1, 0.15) is 104 Å². The minimum absolute atomic E-state index is 0.0860. The van der Waals surface area contributed by atoms with Crippen molar-refractivity contribution in [1.29, 1.82) is 0 Å². The third-order valence-corrected chi connectivity index (χ3v) is 7.76. The lowest BCUT2D eigenvalue weighted by molar-refractivity contribution is -0.254. The van der Waals surface area contributed by atoms with Crippen molar-refractivity contribution in [3.8, 4) is 0 Å². The van der Waals surface area contributed by atoms with Gasteiger partial charge in [-0.25, -0.2) is 0 Å². The summed E-state index contributed by atoms with van der Waals surface area (Å²) in [6.07, 6.45) is 16.0. The van der Waals surface area contributed by atoms with Crippen LogP contribution < -0.4 is 0 Å². The predicted octanol–water partition coefficient (Wildman–Crippen LogP) is 6.26. The predicted molar refractivity (Wildman–Crippen MR) is 116 cm³/mol. The van der Waals surface area contributed by atoms with E-state index in [2.05, 4.69) is 13.8 Å². The fourth-order valence-electron chi connectivity index (χ4n) is 5.40. The maximum absolute atomic E-state index is 12.8. The van der Waals surface area contributed by atoms with Gasteiger partial charge in [0.2, 0.25) is 0 Å². The first-order valence-electron chi connectivity index (χ1n) is 12.5. The first-order chi connectivity index (χ1) is 14.0. The summed E-state index contributed by atoms with van der Waals surface area (Å²) in [6, 6.07) is 0. The maximum atomic E-state index is 12.8. The van der Waals surface area contributed by atoms with Crippen molar-refractivity contribution in [2.75, 3.05) is 13.2 Å². The van der Waals surface area contributed by atoms with E-state index in [1.165, 1.54) is 70.6 Å². The summed E-state index contributed by atoms with van der Waals surface area (Å²) in [7, 11) is 0. The molecule has 0 N–H and O–H groups in total. The lowest BCUT2D eigenvalue weighted by Crippen LogP contribution is -2.49. The van der Waals surface area contributed by atoms with Gasteiger partial charge < -0.3 is 14.2 Å². The number of rotatable bonds is 8. The van der Waals surface area contributed by atoms with E-state index < -0.39 is 5.41 Å². The van der Waals surface area contributed by atoms with Gasteiger partial charge in [0.1, 0.15) is 11.5 Å². The van der Waals surface area contributed by atoms with Crippen molar-refractivity contribution in [1.82, 2.24) is 0 Å². The average molecular weight is 409 g/mol. The maximum Gasteiger partial charge on any atom is 0.316 e. The lowest BCUT2D eigenvalue weighted by atomic mass is 9.79. The molecule has 0 unspecified atom stereocenters. The molecule has 1 saturated heterocycles. The van der Waals surface area contributed by atoms with E-state index in [1.807, 2.05) is 6.92 Å². The van der Waals surface area contributed by atoms with Crippen molar-refractivity contribution < 1.29 is 19.0 Å². The van der Waals surface area contributed by atoms with E-state index in [9.17, 15) is 4.79 Å². The van der Waals surface area contributed by atoms with Crippen molar-refractivity contribution >= 4 is 5.97 Å². The zero-order valence-electron chi connectivity index (χ0n) is 19.1. The second kappa shape index (κ2) is 11.1. The normalized spacial score (nSPS) is 38.5. The van der Waals surface area contributed by atoms with E-state index in [1.54, 1.807) is 0 Å². The number of ether oxygens (including phenoxy) is 3. The molecule has 3 rings (SSSR count). The fourth-order valence-corrected chi connectivity index (χ4v) is 5.40. The minimum atomic E-state index is -0.657. The van der Waals surface area contributed by atoms with Crippen LogP contribution in [0.5, 0.6) is 0 Å². The van der Waals surface area contributed by atoms with Crippen LogP contribution in [0.15, 0.2) is 0 Å². The van der Waals surface area contributed by atoms with Crippen LogP contribution in [-0.2, 0) is 19.0 Å². The Kier molecular flexibility index (Phi) is 8.85. The summed E-state index contributed by atoms with van der Waals surface area (Å²) in [6.45, 7) is 7.32. The highest BCUT2D eigenvalue weighted by atomic mass is 16.7. The van der Waals surface area contributed by atoms with Crippen molar-refractivity contribution in [3.63, 3.8) is 0 Å². The van der Waals surface area contributed by atoms with Crippen molar-refractivity contribution in [2.45, 2.75) is 117 Å². The smallest absolute Gasteiger partial charge is 0.316 e. The van der Waals surface area contributed by atoms with Crippen molar-refractivity contribution in [3.05, 3.63) is 0 Å². The SMILES string of the molecule is CCCCCC1CCC(C2OCC(C)(C(=O)OC3CCC(CC)CC3)CO2)CC1. The molecule has 0 bridgehead atoms. The van der Waals surface area contributed by atoms with E-state index in [4.69, 9.17) is 14.2 Å². The Hall–Kier alpha value is -0.610. The fraction of sp³-hybridized carbons (Fsp3) is 0.960. The van der Waals surface area contributed by atoms with Gasteiger partial charge in [0.05, 0.1) is 13.2 Å². The second-order valence-corrected chi connectivity index (χ2v) is 10.3. The highest BCUT2D eigenvalue weighted by molar-refractivity contribution is 5.77. The third kappa shape index (κ3) is 6.43. The Morgan fingerprint density at radius 1 is 0.897 bits per heavy atom. The summed E-state index contributed by atoms with van der Waals surface area (Å²) >= 11 is 0. The Balaban J connectivity index is 1.37. The molecule has 3 aliphatic rings. The van der Waals surface area contributed by atoms with Crippen molar-refractivity contribution in [2.24, 2.45) is 23.2 Å². The molecule has 0 radical (unpaired) electrons. The van der Waals surface area contributed by atoms with Gasteiger partial charge in [-0.3, -0.25) is 4.79 Å². The van der Waals surface area contributed by atoms with E-state index in [0.717, 1.165) is 24.7 Å². The van der Waals surface area contributed by atoms with Gasteiger partial charge in [0, 0.05) is 5.92 Å². The largest absolute Gasteiger partial charge is 0.462 e. The molecule has 4 nitrogen and oxygen atoms in total. The Labute approximate surface area is 178 Å². The van der Waals surface area contributed by atoms with Gasteiger partial charge >= 0.3 is 5.97 Å². The monoisotopic (exact) mass is 408 g/mol. The minimum Gasteiger partial charge on any atom is -0.462 e. The molecule has 1 aliphatic heterocycles. The molecule has 4 heteroatoms. The lowest BCUT2D eigenvalue weighted by Gasteiger charge is -2.41. The zero-order chi connectivity index (χ0) is 20.7. The Bertz CT molecular complexity index is 481. The standard InChI is InChI=1S/C25H44O4/c1-4-6-7-8-20-9-13-21(14-10-20)23-27-17-25(3,18-28-23)24(26)29-22-15-11-19(5-2)12-16-22/h19-23H,4-18H2,1-3H3. The van der Waals surface area contributed by atoms with Gasteiger partial charge in [0.15, 0.2) is 6.29 Å². The molecule has 2 aliphatic carbocycles. The number of carbonyl (C=O) groups is 1. The summed E-state index contributed by atoms with van der Waals surface area (Å²) < 4.78 is 18.0. The first kappa shape index (κ1) is 23.1. The number of carbonyl (C=O) groups excluding carboxylic acids is 1. The summed E-state index contributed by atoms with van der Waals surface area (Å²) in [5, 5.41) is 0. The molecule has 29 heavy (non-hydrogen) atoms. The summed E-state index contributed by atoms with van der Waals surface area (Å²) in [5.74, 6) is 2.06. The van der Waals surface area contributed by atoms with Gasteiger partial charge in [-0.1, -0.05) is 46.0 Å². The Morgan fingerprint density at radius 2 is 1.52 bits per heavy atom. The summed E-state index contributed by atoms with van der Waals surface area (Å²) in [4.78, 5) is 12.8. The molecule has 2 saturated carbocycles. The molecule has 0 amide bonds. The number of unbranched alkanes of at least 4 members (excludes halogenated alkanes) is 2. The van der Waals surface area contributed by atoms with Crippen LogP contribution >= 0.6 is 0 Å². The number of hydrogen-bond donors (Lipinski definition) is 0. The molecule has 168 valence electrons. The second-order valence-electron chi connectivity index (χ2n) is 10.3. The van der Waals surface area contributed by atoms with Crippen LogP contribution in [-0.4, -0.2) is 31.6 Å². The van der Waals surface area contributed by atoms with Crippen LogP contribution in [0.25, 0.3) is 0 Å². The van der Waals surface area contributed by atoms with Crippen LogP contribution in [0.2, 0.25) is 0 Å². The van der Waals surface area contributed by atoms with Gasteiger partial charge in [-0.15, -0.1) is 0 Å². The highest BCUT2D eigenvalue weighted by Gasteiger charge is 2.44.